The average Bonchev–Trinajstić information content (AvgIpc) is 2.96. The van der Waals surface area contributed by atoms with Crippen molar-refractivity contribution in [3.05, 3.63) is 52.5 Å². The van der Waals surface area contributed by atoms with E-state index in [9.17, 15) is 9.18 Å². The summed E-state index contributed by atoms with van der Waals surface area (Å²) in [5.41, 5.74) is 0.721. The summed E-state index contributed by atoms with van der Waals surface area (Å²) in [4.78, 5) is 14.9. The molecule has 3 nitrogen and oxygen atoms in total. The number of rotatable bonds is 6. The summed E-state index contributed by atoms with van der Waals surface area (Å²) < 4.78 is 13.2. The number of carbonyl (C=O) groups excluding carboxylic acids is 1. The predicted molar refractivity (Wildman–Crippen MR) is 80.5 cm³/mol. The van der Waals surface area contributed by atoms with Crippen molar-refractivity contribution in [2.24, 2.45) is 0 Å². The van der Waals surface area contributed by atoms with Crippen LogP contribution in [-0.4, -0.2) is 19.0 Å². The molecule has 0 spiro atoms. The van der Waals surface area contributed by atoms with Crippen LogP contribution in [0.2, 0.25) is 0 Å². The Bertz CT molecular complexity index is 557. The van der Waals surface area contributed by atoms with Crippen LogP contribution < -0.4 is 10.2 Å². The van der Waals surface area contributed by atoms with Crippen molar-refractivity contribution < 1.29 is 9.18 Å². The van der Waals surface area contributed by atoms with Gasteiger partial charge in [-0.05, 0) is 36.6 Å². The third-order valence-corrected chi connectivity index (χ3v) is 3.81. The number of anilines is 1. The van der Waals surface area contributed by atoms with E-state index in [0.717, 1.165) is 10.6 Å². The maximum atomic E-state index is 13.2. The van der Waals surface area contributed by atoms with Gasteiger partial charge in [0.15, 0.2) is 0 Å². The predicted octanol–water partition coefficient (Wildman–Crippen LogP) is 3.03. The summed E-state index contributed by atoms with van der Waals surface area (Å²) in [5, 5.41) is 4.85. The molecule has 106 valence electrons. The monoisotopic (exact) mass is 292 g/mol. The van der Waals surface area contributed by atoms with E-state index in [2.05, 4.69) is 5.32 Å². The van der Waals surface area contributed by atoms with Crippen molar-refractivity contribution >= 4 is 22.9 Å². The van der Waals surface area contributed by atoms with Crippen molar-refractivity contribution in [2.45, 2.75) is 13.5 Å². The molecule has 0 atom stereocenters. The molecule has 0 saturated carbocycles. The molecule has 0 unspecified atom stereocenters. The van der Waals surface area contributed by atoms with Gasteiger partial charge in [0, 0.05) is 17.1 Å². The van der Waals surface area contributed by atoms with E-state index in [1.54, 1.807) is 23.5 Å². The first kappa shape index (κ1) is 14.5. The van der Waals surface area contributed by atoms with Gasteiger partial charge in [0.25, 0.3) is 0 Å². The fraction of sp³-hybridized carbons (Fsp3) is 0.267. The Morgan fingerprint density at radius 1 is 1.35 bits per heavy atom. The number of hydrogen-bond acceptors (Lipinski definition) is 3. The highest BCUT2D eigenvalue weighted by atomic mass is 32.1. The highest BCUT2D eigenvalue weighted by Gasteiger charge is 2.10. The van der Waals surface area contributed by atoms with Crippen LogP contribution in [0.15, 0.2) is 41.8 Å². The lowest BCUT2D eigenvalue weighted by Gasteiger charge is -2.22. The van der Waals surface area contributed by atoms with Gasteiger partial charge in [-0.15, -0.1) is 11.3 Å². The van der Waals surface area contributed by atoms with Gasteiger partial charge in [-0.1, -0.05) is 12.1 Å². The highest BCUT2D eigenvalue weighted by molar-refractivity contribution is 7.09. The van der Waals surface area contributed by atoms with Gasteiger partial charge in [-0.2, -0.15) is 0 Å². The van der Waals surface area contributed by atoms with Gasteiger partial charge in [-0.25, -0.2) is 4.39 Å². The Morgan fingerprint density at radius 2 is 2.20 bits per heavy atom. The Kier molecular flexibility index (Phi) is 5.12. The molecule has 1 amide bonds. The second-order valence-corrected chi connectivity index (χ2v) is 5.38. The smallest absolute Gasteiger partial charge is 0.239 e. The summed E-state index contributed by atoms with van der Waals surface area (Å²) in [6, 6.07) is 10.2. The van der Waals surface area contributed by atoms with Gasteiger partial charge < -0.3 is 10.2 Å². The minimum Gasteiger partial charge on any atom is -0.362 e. The molecule has 1 heterocycles. The number of halogens is 1. The number of likely N-dealkylation sites (N-methyl/N-ethyl adjacent to an activating group) is 1. The van der Waals surface area contributed by atoms with Gasteiger partial charge in [0.1, 0.15) is 5.82 Å². The standard InChI is InChI=1S/C15H17FN2OS/c1-2-18(13-6-3-5-12(16)9-13)11-15(19)17-10-14-7-4-8-20-14/h3-9H,2,10-11H2,1H3,(H,17,19). The van der Waals surface area contributed by atoms with Crippen LogP contribution in [0, 0.1) is 5.82 Å². The summed E-state index contributed by atoms with van der Waals surface area (Å²) in [7, 11) is 0. The van der Waals surface area contributed by atoms with Crippen LogP contribution in [-0.2, 0) is 11.3 Å². The number of thiophene rings is 1. The Balaban J connectivity index is 1.91. The zero-order chi connectivity index (χ0) is 14.4. The van der Waals surface area contributed by atoms with Crippen LogP contribution in [0.4, 0.5) is 10.1 Å². The number of carbonyl (C=O) groups is 1. The number of nitrogens with zero attached hydrogens (tertiary/aromatic N) is 1. The van der Waals surface area contributed by atoms with Crippen LogP contribution in [0.3, 0.4) is 0 Å². The molecule has 0 aliphatic heterocycles. The normalized spacial score (nSPS) is 10.3. The summed E-state index contributed by atoms with van der Waals surface area (Å²) in [5.74, 6) is -0.357. The molecule has 1 aromatic carbocycles. The van der Waals surface area contributed by atoms with Crippen LogP contribution in [0.25, 0.3) is 0 Å². The molecule has 0 fully saturated rings. The summed E-state index contributed by atoms with van der Waals surface area (Å²) >= 11 is 1.61. The molecule has 0 radical (unpaired) electrons. The van der Waals surface area contributed by atoms with Crippen molar-refractivity contribution in [3.63, 3.8) is 0 Å². The second-order valence-electron chi connectivity index (χ2n) is 4.35. The van der Waals surface area contributed by atoms with E-state index in [4.69, 9.17) is 0 Å². The molecule has 1 aromatic heterocycles. The molecule has 0 aliphatic rings. The van der Waals surface area contributed by atoms with E-state index in [-0.39, 0.29) is 18.3 Å². The van der Waals surface area contributed by atoms with E-state index < -0.39 is 0 Å². The highest BCUT2D eigenvalue weighted by Crippen LogP contribution is 2.15. The molecule has 20 heavy (non-hydrogen) atoms. The first-order chi connectivity index (χ1) is 9.69. The quantitative estimate of drug-likeness (QED) is 0.887. The summed E-state index contributed by atoms with van der Waals surface area (Å²) in [6.45, 7) is 3.36. The van der Waals surface area contributed by atoms with Crippen LogP contribution >= 0.6 is 11.3 Å². The average molecular weight is 292 g/mol. The zero-order valence-electron chi connectivity index (χ0n) is 11.3. The van der Waals surface area contributed by atoms with Crippen molar-refractivity contribution in [1.82, 2.24) is 5.32 Å². The molecule has 2 aromatic rings. The van der Waals surface area contributed by atoms with Crippen molar-refractivity contribution in [3.8, 4) is 0 Å². The van der Waals surface area contributed by atoms with E-state index in [1.165, 1.54) is 12.1 Å². The Morgan fingerprint density at radius 3 is 2.85 bits per heavy atom. The molecule has 0 aliphatic carbocycles. The zero-order valence-corrected chi connectivity index (χ0v) is 12.1. The molecule has 0 bridgehead atoms. The van der Waals surface area contributed by atoms with Gasteiger partial charge in [0.05, 0.1) is 13.1 Å². The largest absolute Gasteiger partial charge is 0.362 e. The maximum Gasteiger partial charge on any atom is 0.239 e. The fourth-order valence-electron chi connectivity index (χ4n) is 1.89. The van der Waals surface area contributed by atoms with Crippen LogP contribution in [0.1, 0.15) is 11.8 Å². The lowest BCUT2D eigenvalue weighted by Crippen LogP contribution is -2.36. The second kappa shape index (κ2) is 7.05. The van der Waals surface area contributed by atoms with E-state index >= 15 is 0 Å². The lowest BCUT2D eigenvalue weighted by molar-refractivity contribution is -0.119. The van der Waals surface area contributed by atoms with Gasteiger partial charge in [0.2, 0.25) is 5.91 Å². The number of nitrogens with one attached hydrogen (secondary N) is 1. The lowest BCUT2D eigenvalue weighted by atomic mass is 10.2. The van der Waals surface area contributed by atoms with Crippen molar-refractivity contribution in [1.29, 1.82) is 0 Å². The third-order valence-electron chi connectivity index (χ3n) is 2.93. The van der Waals surface area contributed by atoms with E-state index in [0.29, 0.717) is 13.1 Å². The molecule has 0 saturated heterocycles. The number of benzene rings is 1. The Labute approximate surface area is 122 Å². The van der Waals surface area contributed by atoms with Gasteiger partial charge in [-0.3, -0.25) is 4.79 Å². The molecule has 1 N–H and O–H groups in total. The number of amides is 1. The Hall–Kier alpha value is -1.88. The van der Waals surface area contributed by atoms with E-state index in [1.807, 2.05) is 29.3 Å². The maximum absolute atomic E-state index is 13.2. The molecule has 2 rings (SSSR count). The first-order valence-electron chi connectivity index (χ1n) is 6.48. The minimum atomic E-state index is -0.292. The number of hydrogen-bond donors (Lipinski definition) is 1. The molecular formula is C15H17FN2OS. The fourth-order valence-corrected chi connectivity index (χ4v) is 2.53. The SMILES string of the molecule is CCN(CC(=O)NCc1cccs1)c1cccc(F)c1. The minimum absolute atomic E-state index is 0.0653. The van der Waals surface area contributed by atoms with Crippen LogP contribution in [0.5, 0.6) is 0 Å². The first-order valence-corrected chi connectivity index (χ1v) is 7.36. The van der Waals surface area contributed by atoms with Crippen molar-refractivity contribution in [2.75, 3.05) is 18.0 Å². The van der Waals surface area contributed by atoms with Gasteiger partial charge >= 0.3 is 0 Å². The molecular weight excluding hydrogens is 275 g/mol. The molecule has 5 heteroatoms. The third kappa shape index (κ3) is 4.06. The summed E-state index contributed by atoms with van der Waals surface area (Å²) in [6.07, 6.45) is 0. The topological polar surface area (TPSA) is 32.3 Å².